The van der Waals surface area contributed by atoms with Crippen LogP contribution in [0.4, 0.5) is 16.3 Å². The van der Waals surface area contributed by atoms with Gasteiger partial charge in [0.15, 0.2) is 5.82 Å². The summed E-state index contributed by atoms with van der Waals surface area (Å²) in [5.41, 5.74) is 3.77. The van der Waals surface area contributed by atoms with Crippen LogP contribution in [0.25, 0.3) is 11.1 Å². The van der Waals surface area contributed by atoms with Crippen molar-refractivity contribution in [1.29, 1.82) is 0 Å². The third-order valence-electron chi connectivity index (χ3n) is 6.18. The number of anilines is 2. The van der Waals surface area contributed by atoms with Crippen LogP contribution in [0.5, 0.6) is 0 Å². The smallest absolute Gasteiger partial charge is 0.324 e. The largest absolute Gasteiger partial charge is 0.381 e. The third-order valence-corrected chi connectivity index (χ3v) is 6.18. The molecule has 1 fully saturated rings. The highest BCUT2D eigenvalue weighted by molar-refractivity contribution is 5.99. The van der Waals surface area contributed by atoms with Crippen molar-refractivity contribution in [3.8, 4) is 11.1 Å². The fourth-order valence-electron chi connectivity index (χ4n) is 4.06. The van der Waals surface area contributed by atoms with Crippen molar-refractivity contribution in [3.05, 3.63) is 60.1 Å². The molecule has 0 radical (unpaired) electrons. The van der Waals surface area contributed by atoms with Gasteiger partial charge in [0, 0.05) is 47.8 Å². The molecule has 0 spiro atoms. The number of nitrogens with one attached hydrogen (secondary N) is 2. The number of urea groups is 1. The lowest BCUT2D eigenvalue weighted by Crippen LogP contribution is -2.19. The molecule has 34 heavy (non-hydrogen) atoms. The molecule has 1 aliphatic heterocycles. The second kappa shape index (κ2) is 10.8. The van der Waals surface area contributed by atoms with E-state index < -0.39 is 0 Å². The van der Waals surface area contributed by atoms with Crippen LogP contribution >= 0.6 is 0 Å². The lowest BCUT2D eigenvalue weighted by Gasteiger charge is -2.21. The van der Waals surface area contributed by atoms with Crippen LogP contribution in [0.2, 0.25) is 0 Å². The summed E-state index contributed by atoms with van der Waals surface area (Å²) in [7, 11) is 0. The molecule has 4 rings (SSSR count). The van der Waals surface area contributed by atoms with Gasteiger partial charge in [-0.2, -0.15) is 0 Å². The predicted octanol–water partition coefficient (Wildman–Crippen LogP) is 6.43. The van der Waals surface area contributed by atoms with E-state index in [1.807, 2.05) is 51.2 Å². The van der Waals surface area contributed by atoms with Gasteiger partial charge in [-0.1, -0.05) is 44.1 Å². The van der Waals surface area contributed by atoms with Crippen molar-refractivity contribution in [2.24, 2.45) is 5.92 Å². The number of ether oxygens (including phenoxy) is 1. The standard InChI is InChI=1S/C27H34N4O3/c1-27(2,3)24-17-25(31-34-24)30-26(32)29-23-11-7-20(8-12-23)21-9-10-22(28-18-21)6-4-5-19-13-15-33-16-14-19/h7-12,17-19H,4-6,13-16H2,1-3H3,(H2,29,30,31,32). The van der Waals surface area contributed by atoms with E-state index in [-0.39, 0.29) is 11.4 Å². The van der Waals surface area contributed by atoms with Crippen molar-refractivity contribution in [3.63, 3.8) is 0 Å². The molecular formula is C27H34N4O3. The van der Waals surface area contributed by atoms with E-state index in [0.717, 1.165) is 42.4 Å². The Labute approximate surface area is 201 Å². The number of aryl methyl sites for hydroxylation is 1. The van der Waals surface area contributed by atoms with Gasteiger partial charge < -0.3 is 14.6 Å². The Hall–Kier alpha value is -3.19. The topological polar surface area (TPSA) is 89.3 Å². The summed E-state index contributed by atoms with van der Waals surface area (Å²) in [5, 5.41) is 9.43. The van der Waals surface area contributed by atoms with Gasteiger partial charge in [-0.25, -0.2) is 4.79 Å². The number of benzene rings is 1. The third kappa shape index (κ3) is 6.67. The highest BCUT2D eigenvalue weighted by Gasteiger charge is 2.20. The zero-order chi connectivity index (χ0) is 24.0. The van der Waals surface area contributed by atoms with E-state index in [4.69, 9.17) is 9.26 Å². The first-order valence-corrected chi connectivity index (χ1v) is 12.0. The van der Waals surface area contributed by atoms with Crippen molar-refractivity contribution in [1.82, 2.24) is 10.1 Å². The van der Waals surface area contributed by atoms with E-state index in [2.05, 4.69) is 32.9 Å². The van der Waals surface area contributed by atoms with Crippen LogP contribution in [-0.4, -0.2) is 29.4 Å². The van der Waals surface area contributed by atoms with Gasteiger partial charge >= 0.3 is 6.03 Å². The second-order valence-electron chi connectivity index (χ2n) is 9.97. The van der Waals surface area contributed by atoms with E-state index in [9.17, 15) is 4.79 Å². The maximum atomic E-state index is 12.3. The van der Waals surface area contributed by atoms with Crippen LogP contribution < -0.4 is 10.6 Å². The molecular weight excluding hydrogens is 428 g/mol. The van der Waals surface area contributed by atoms with E-state index in [0.29, 0.717) is 17.3 Å². The van der Waals surface area contributed by atoms with Gasteiger partial charge in [0.2, 0.25) is 0 Å². The summed E-state index contributed by atoms with van der Waals surface area (Å²) in [6.07, 6.45) is 7.75. The maximum absolute atomic E-state index is 12.3. The molecule has 3 aromatic rings. The normalized spacial score (nSPS) is 14.7. The number of aromatic nitrogens is 2. The fraction of sp³-hybridized carbons (Fsp3) is 0.444. The number of nitrogens with zero attached hydrogens (tertiary/aromatic N) is 2. The molecule has 0 bridgehead atoms. The average molecular weight is 463 g/mol. The summed E-state index contributed by atoms with van der Waals surface area (Å²) < 4.78 is 10.7. The molecule has 1 aliphatic rings. The molecule has 2 aromatic heterocycles. The molecule has 0 saturated carbocycles. The summed E-state index contributed by atoms with van der Waals surface area (Å²) in [6.45, 7) is 7.90. The molecule has 1 aromatic carbocycles. The van der Waals surface area contributed by atoms with E-state index in [1.54, 1.807) is 6.07 Å². The molecule has 3 heterocycles. The molecule has 1 saturated heterocycles. The van der Waals surface area contributed by atoms with Crippen molar-refractivity contribution < 1.29 is 14.1 Å². The maximum Gasteiger partial charge on any atom is 0.324 e. The van der Waals surface area contributed by atoms with Crippen LogP contribution in [0.3, 0.4) is 0 Å². The SMILES string of the molecule is CC(C)(C)c1cc(NC(=O)Nc2ccc(-c3ccc(CCCC4CCOCC4)nc3)cc2)no1. The molecule has 0 aliphatic carbocycles. The van der Waals surface area contributed by atoms with Crippen LogP contribution in [0, 0.1) is 5.92 Å². The number of amides is 2. The second-order valence-corrected chi connectivity index (χ2v) is 9.97. The molecule has 7 heteroatoms. The van der Waals surface area contributed by atoms with Crippen LogP contribution in [0.15, 0.2) is 53.2 Å². The Morgan fingerprint density at radius 2 is 1.76 bits per heavy atom. The number of rotatable bonds is 7. The van der Waals surface area contributed by atoms with Gasteiger partial charge in [0.05, 0.1) is 0 Å². The minimum Gasteiger partial charge on any atom is -0.381 e. The summed E-state index contributed by atoms with van der Waals surface area (Å²) >= 11 is 0. The number of carbonyl (C=O) groups is 1. The first-order chi connectivity index (χ1) is 16.4. The number of hydrogen-bond donors (Lipinski definition) is 2. The van der Waals surface area contributed by atoms with Crippen molar-refractivity contribution >= 4 is 17.5 Å². The summed E-state index contributed by atoms with van der Waals surface area (Å²) in [4.78, 5) is 17.0. The minimum absolute atomic E-state index is 0.170. The van der Waals surface area contributed by atoms with Gasteiger partial charge in [-0.3, -0.25) is 10.3 Å². The van der Waals surface area contributed by atoms with Gasteiger partial charge in [0.25, 0.3) is 0 Å². The number of hydrogen-bond acceptors (Lipinski definition) is 5. The average Bonchev–Trinajstić information content (AvgIpc) is 3.30. The summed E-state index contributed by atoms with van der Waals surface area (Å²) in [6, 6.07) is 13.3. The number of pyridine rings is 1. The molecule has 0 unspecified atom stereocenters. The molecule has 2 amide bonds. The quantitative estimate of drug-likeness (QED) is 0.422. The van der Waals surface area contributed by atoms with E-state index >= 15 is 0 Å². The van der Waals surface area contributed by atoms with Crippen molar-refractivity contribution in [2.45, 2.75) is 58.3 Å². The molecule has 7 nitrogen and oxygen atoms in total. The van der Waals surface area contributed by atoms with Crippen LogP contribution in [-0.2, 0) is 16.6 Å². The Morgan fingerprint density at radius 1 is 1.03 bits per heavy atom. The Bertz CT molecular complexity index is 1060. The zero-order valence-electron chi connectivity index (χ0n) is 20.3. The minimum atomic E-state index is -0.367. The van der Waals surface area contributed by atoms with Gasteiger partial charge in [-0.05, 0) is 61.8 Å². The zero-order valence-corrected chi connectivity index (χ0v) is 20.3. The molecule has 2 N–H and O–H groups in total. The predicted molar refractivity (Wildman–Crippen MR) is 134 cm³/mol. The first-order valence-electron chi connectivity index (χ1n) is 12.0. The number of carbonyl (C=O) groups excluding carboxylic acids is 1. The molecule has 0 atom stereocenters. The fourth-order valence-corrected chi connectivity index (χ4v) is 4.06. The van der Waals surface area contributed by atoms with Crippen LogP contribution in [0.1, 0.15) is 57.9 Å². The van der Waals surface area contributed by atoms with E-state index in [1.165, 1.54) is 25.7 Å². The summed E-state index contributed by atoms with van der Waals surface area (Å²) in [5.74, 6) is 1.91. The van der Waals surface area contributed by atoms with Crippen molar-refractivity contribution in [2.75, 3.05) is 23.8 Å². The Balaban J connectivity index is 1.26. The highest BCUT2D eigenvalue weighted by atomic mass is 16.5. The van der Waals surface area contributed by atoms with Gasteiger partial charge in [0.1, 0.15) is 5.76 Å². The Kier molecular flexibility index (Phi) is 7.63. The first kappa shape index (κ1) is 24.0. The Morgan fingerprint density at radius 3 is 2.41 bits per heavy atom. The van der Waals surface area contributed by atoms with Gasteiger partial charge in [-0.15, -0.1) is 0 Å². The highest BCUT2D eigenvalue weighted by Crippen LogP contribution is 2.25. The lowest BCUT2D eigenvalue weighted by molar-refractivity contribution is 0.0633. The molecule has 180 valence electrons. The lowest BCUT2D eigenvalue weighted by atomic mass is 9.93. The monoisotopic (exact) mass is 462 g/mol.